The fourth-order valence-electron chi connectivity index (χ4n) is 4.95. The van der Waals surface area contributed by atoms with Crippen molar-refractivity contribution in [2.24, 2.45) is 0 Å². The summed E-state index contributed by atoms with van der Waals surface area (Å²) in [5.74, 6) is -1.08. The Balaban J connectivity index is 1.54. The van der Waals surface area contributed by atoms with Gasteiger partial charge in [-0.2, -0.15) is 0 Å². The van der Waals surface area contributed by atoms with Crippen LogP contribution in [-0.2, 0) is 9.59 Å². The Bertz CT molecular complexity index is 1330. The molecule has 0 bridgehead atoms. The van der Waals surface area contributed by atoms with Gasteiger partial charge in [0.25, 0.3) is 11.7 Å². The predicted octanol–water partition coefficient (Wildman–Crippen LogP) is 4.25. The first kappa shape index (κ1) is 25.5. The van der Waals surface area contributed by atoms with Crippen LogP contribution in [0.1, 0.15) is 30.5 Å². The maximum atomic E-state index is 13.4. The largest absolute Gasteiger partial charge is 0.507 e. The zero-order chi connectivity index (χ0) is 26.6. The minimum absolute atomic E-state index is 0.0267. The minimum Gasteiger partial charge on any atom is -0.507 e. The van der Waals surface area contributed by atoms with Gasteiger partial charge in [-0.1, -0.05) is 25.1 Å². The number of benzene rings is 2. The summed E-state index contributed by atoms with van der Waals surface area (Å²) >= 11 is 0. The molecule has 2 aliphatic rings. The first-order valence-electron chi connectivity index (χ1n) is 13.0. The summed E-state index contributed by atoms with van der Waals surface area (Å²) in [5, 5.41) is 11.4. The number of aliphatic hydroxyl groups excluding tert-OH is 1. The second-order valence-corrected chi connectivity index (χ2v) is 9.64. The molecule has 1 atom stereocenters. The molecule has 0 saturated carbocycles. The van der Waals surface area contributed by atoms with Gasteiger partial charge >= 0.3 is 0 Å². The first-order chi connectivity index (χ1) is 18.5. The number of anilines is 2. The molecule has 2 saturated heterocycles. The van der Waals surface area contributed by atoms with Gasteiger partial charge in [0.2, 0.25) is 0 Å². The Labute approximate surface area is 222 Å². The fourth-order valence-corrected chi connectivity index (χ4v) is 4.95. The van der Waals surface area contributed by atoms with Crippen molar-refractivity contribution in [2.45, 2.75) is 19.4 Å². The smallest absolute Gasteiger partial charge is 0.300 e. The summed E-state index contributed by atoms with van der Waals surface area (Å²) in [4.78, 5) is 37.1. The topological polar surface area (TPSA) is 86.2 Å². The molecule has 3 aromatic rings. The van der Waals surface area contributed by atoms with Crippen molar-refractivity contribution in [3.8, 4) is 5.75 Å². The van der Waals surface area contributed by atoms with E-state index in [0.29, 0.717) is 29.2 Å². The lowest BCUT2D eigenvalue weighted by molar-refractivity contribution is -0.132. The van der Waals surface area contributed by atoms with Crippen molar-refractivity contribution in [3.63, 3.8) is 0 Å². The van der Waals surface area contributed by atoms with Crippen LogP contribution >= 0.6 is 0 Å². The molecule has 196 valence electrons. The van der Waals surface area contributed by atoms with Gasteiger partial charge in [0.15, 0.2) is 0 Å². The van der Waals surface area contributed by atoms with Crippen molar-refractivity contribution in [2.75, 3.05) is 49.6 Å². The number of amides is 1. The van der Waals surface area contributed by atoms with Crippen molar-refractivity contribution in [1.82, 2.24) is 9.88 Å². The predicted molar refractivity (Wildman–Crippen MR) is 147 cm³/mol. The summed E-state index contributed by atoms with van der Waals surface area (Å²) in [7, 11) is 2.12. The molecule has 8 heteroatoms. The lowest BCUT2D eigenvalue weighted by atomic mass is 9.96. The standard InChI is InChI=1S/C30H32N4O4/c1-3-18-38-25-8-4-6-21(19-25)28(35)26-27(22-7-5-13-31-20-22)34(30(37)29(26)36)24-11-9-23(10-12-24)33-16-14-32(2)15-17-33/h4-13,19-20,27,35H,3,14-18H2,1-2H3/b28-26+. The molecule has 3 heterocycles. The molecular weight excluding hydrogens is 480 g/mol. The molecule has 2 aromatic carbocycles. The summed E-state index contributed by atoms with van der Waals surface area (Å²) in [6, 6.07) is 17.4. The first-order valence-corrected chi connectivity index (χ1v) is 13.0. The third kappa shape index (κ3) is 4.99. The number of carbonyl (C=O) groups excluding carboxylic acids is 2. The highest BCUT2D eigenvalue weighted by Crippen LogP contribution is 2.42. The third-order valence-electron chi connectivity index (χ3n) is 7.02. The van der Waals surface area contributed by atoms with E-state index in [1.165, 1.54) is 4.90 Å². The summed E-state index contributed by atoms with van der Waals surface area (Å²) in [6.45, 7) is 6.38. The lowest BCUT2D eigenvalue weighted by Gasteiger charge is -2.34. The van der Waals surface area contributed by atoms with Gasteiger partial charge in [0.05, 0.1) is 18.2 Å². The Morgan fingerprint density at radius 1 is 1.00 bits per heavy atom. The Kier molecular flexibility index (Phi) is 7.42. The number of rotatable bonds is 7. The van der Waals surface area contributed by atoms with E-state index in [9.17, 15) is 14.7 Å². The molecule has 0 spiro atoms. The summed E-state index contributed by atoms with van der Waals surface area (Å²) in [6.07, 6.45) is 4.10. The second-order valence-electron chi connectivity index (χ2n) is 9.64. The van der Waals surface area contributed by atoms with Crippen LogP contribution in [0.25, 0.3) is 5.76 Å². The zero-order valence-corrected chi connectivity index (χ0v) is 21.7. The van der Waals surface area contributed by atoms with Crippen LogP contribution in [0.2, 0.25) is 0 Å². The number of hydrogen-bond donors (Lipinski definition) is 1. The highest BCUT2D eigenvalue weighted by atomic mass is 16.5. The number of hydrogen-bond acceptors (Lipinski definition) is 7. The normalized spacial score (nSPS) is 19.7. The SMILES string of the molecule is CCCOc1cccc(/C(O)=C2\C(=O)C(=O)N(c3ccc(N4CCN(C)CC4)cc3)C2c2cccnc2)c1. The highest BCUT2D eigenvalue weighted by molar-refractivity contribution is 6.51. The van der Waals surface area contributed by atoms with Gasteiger partial charge in [0.1, 0.15) is 11.5 Å². The van der Waals surface area contributed by atoms with E-state index >= 15 is 0 Å². The lowest BCUT2D eigenvalue weighted by Crippen LogP contribution is -2.44. The molecule has 38 heavy (non-hydrogen) atoms. The Hall–Kier alpha value is -4.17. The number of nitrogens with zero attached hydrogens (tertiary/aromatic N) is 4. The van der Waals surface area contributed by atoms with Crippen LogP contribution in [0.15, 0.2) is 78.6 Å². The van der Waals surface area contributed by atoms with Crippen LogP contribution < -0.4 is 14.5 Å². The molecule has 0 radical (unpaired) electrons. The molecule has 1 aromatic heterocycles. The van der Waals surface area contributed by atoms with E-state index in [1.54, 1.807) is 42.7 Å². The zero-order valence-electron chi connectivity index (χ0n) is 21.7. The van der Waals surface area contributed by atoms with Gasteiger partial charge in [-0.3, -0.25) is 19.5 Å². The molecule has 1 unspecified atom stereocenters. The number of aromatic nitrogens is 1. The average molecular weight is 513 g/mol. The van der Waals surface area contributed by atoms with Crippen molar-refractivity contribution < 1.29 is 19.4 Å². The maximum absolute atomic E-state index is 13.4. The van der Waals surface area contributed by atoms with Gasteiger partial charge in [0, 0.05) is 55.5 Å². The third-order valence-corrected chi connectivity index (χ3v) is 7.02. The van der Waals surface area contributed by atoms with Gasteiger partial charge < -0.3 is 19.6 Å². The highest BCUT2D eigenvalue weighted by Gasteiger charge is 2.47. The molecule has 1 amide bonds. The monoisotopic (exact) mass is 512 g/mol. The van der Waals surface area contributed by atoms with Crippen molar-refractivity contribution in [3.05, 3.63) is 89.8 Å². The van der Waals surface area contributed by atoms with Gasteiger partial charge in [-0.05, 0) is 61.5 Å². The number of carbonyl (C=O) groups is 2. The van der Waals surface area contributed by atoms with Crippen molar-refractivity contribution in [1.29, 1.82) is 0 Å². The molecule has 5 rings (SSSR count). The average Bonchev–Trinajstić information content (AvgIpc) is 3.22. The number of pyridine rings is 1. The van der Waals surface area contributed by atoms with E-state index in [-0.39, 0.29) is 11.3 Å². The number of likely N-dealkylation sites (N-methyl/N-ethyl adjacent to an activating group) is 1. The van der Waals surface area contributed by atoms with Gasteiger partial charge in [-0.25, -0.2) is 0 Å². The van der Waals surface area contributed by atoms with Crippen LogP contribution in [0.5, 0.6) is 5.75 Å². The Morgan fingerprint density at radius 2 is 1.74 bits per heavy atom. The molecule has 8 nitrogen and oxygen atoms in total. The van der Waals surface area contributed by atoms with E-state index in [1.807, 2.05) is 37.3 Å². The summed E-state index contributed by atoms with van der Waals surface area (Å²) < 4.78 is 5.71. The molecule has 2 aliphatic heterocycles. The van der Waals surface area contributed by atoms with E-state index < -0.39 is 17.7 Å². The quantitative estimate of drug-likeness (QED) is 0.288. The number of Topliss-reactive ketones (excluding diaryl/α,β-unsaturated/α-hetero) is 1. The number of ketones is 1. The molecular formula is C30H32N4O4. The maximum Gasteiger partial charge on any atom is 0.300 e. The van der Waals surface area contributed by atoms with Crippen LogP contribution in [0, 0.1) is 0 Å². The Morgan fingerprint density at radius 3 is 2.42 bits per heavy atom. The summed E-state index contributed by atoms with van der Waals surface area (Å²) in [5.41, 5.74) is 2.72. The van der Waals surface area contributed by atoms with Crippen LogP contribution in [-0.4, -0.2) is 66.5 Å². The number of ether oxygens (including phenoxy) is 1. The van der Waals surface area contributed by atoms with Crippen molar-refractivity contribution >= 4 is 28.8 Å². The van der Waals surface area contributed by atoms with Crippen LogP contribution in [0.3, 0.4) is 0 Å². The second kappa shape index (κ2) is 11.1. The molecule has 2 fully saturated rings. The molecule has 0 aliphatic carbocycles. The van der Waals surface area contributed by atoms with E-state index in [0.717, 1.165) is 38.3 Å². The number of piperazine rings is 1. The number of aliphatic hydroxyl groups is 1. The van der Waals surface area contributed by atoms with E-state index in [2.05, 4.69) is 21.8 Å². The minimum atomic E-state index is -0.821. The van der Waals surface area contributed by atoms with E-state index in [4.69, 9.17) is 4.74 Å². The molecule has 1 N–H and O–H groups in total. The van der Waals surface area contributed by atoms with Gasteiger partial charge in [-0.15, -0.1) is 0 Å². The fraction of sp³-hybridized carbons (Fsp3) is 0.300. The van der Waals surface area contributed by atoms with Crippen LogP contribution in [0.4, 0.5) is 11.4 Å².